The van der Waals surface area contributed by atoms with Crippen molar-refractivity contribution >= 4 is 32.8 Å². The van der Waals surface area contributed by atoms with Gasteiger partial charge >= 0.3 is 0 Å². The molecule has 0 radical (unpaired) electrons. The van der Waals surface area contributed by atoms with Crippen LogP contribution in [-0.4, -0.2) is 11.8 Å². The van der Waals surface area contributed by atoms with Crippen molar-refractivity contribution in [3.05, 3.63) is 28.0 Å². The van der Waals surface area contributed by atoms with E-state index in [0.29, 0.717) is 4.47 Å². The van der Waals surface area contributed by atoms with Crippen LogP contribution in [0.25, 0.3) is 0 Å². The summed E-state index contributed by atoms with van der Waals surface area (Å²) in [7, 11) is 0. The fourth-order valence-corrected chi connectivity index (χ4v) is 1.48. The van der Waals surface area contributed by atoms with Crippen LogP contribution >= 0.6 is 27.5 Å². The molecule has 0 spiro atoms. The third-order valence-electron chi connectivity index (χ3n) is 1.53. The van der Waals surface area contributed by atoms with Gasteiger partial charge in [-0.05, 0) is 39.7 Å². The maximum atomic E-state index is 13.1. The molecule has 0 saturated heterocycles. The van der Waals surface area contributed by atoms with Crippen LogP contribution < -0.4 is 4.74 Å². The normalized spacial score (nSPS) is 9.47. The first-order chi connectivity index (χ1) is 7.06. The van der Waals surface area contributed by atoms with Crippen molar-refractivity contribution in [3.63, 3.8) is 0 Å². The molecular weight excluding hydrogens is 288 g/mol. The Morgan fingerprint density at radius 3 is 2.87 bits per heavy atom. The summed E-state index contributed by atoms with van der Waals surface area (Å²) in [6.45, 7) is -0.194. The van der Waals surface area contributed by atoms with Crippen molar-refractivity contribution in [3.8, 4) is 11.8 Å². The van der Waals surface area contributed by atoms with Crippen molar-refractivity contribution < 1.29 is 13.9 Å². The van der Waals surface area contributed by atoms with E-state index in [0.717, 1.165) is 12.1 Å². The summed E-state index contributed by atoms with van der Waals surface area (Å²) in [5.41, 5.74) is -0.284. The molecule has 0 aliphatic carbocycles. The minimum Gasteiger partial charge on any atom is -0.478 e. The van der Waals surface area contributed by atoms with E-state index >= 15 is 0 Å². The molecule has 0 aliphatic rings. The Bertz CT molecular complexity index is 444. The van der Waals surface area contributed by atoms with E-state index in [1.807, 2.05) is 0 Å². The van der Waals surface area contributed by atoms with Crippen LogP contribution in [0.15, 0.2) is 16.6 Å². The zero-order valence-corrected chi connectivity index (χ0v) is 9.60. The number of ether oxygens (including phenoxy) is 1. The van der Waals surface area contributed by atoms with Crippen LogP contribution in [0.5, 0.6) is 5.75 Å². The summed E-state index contributed by atoms with van der Waals surface area (Å²) in [6, 6.07) is 3.95. The molecule has 0 aromatic heterocycles. The molecule has 3 nitrogen and oxygen atoms in total. The van der Waals surface area contributed by atoms with E-state index in [4.69, 9.17) is 21.6 Å². The highest BCUT2D eigenvalue weighted by atomic mass is 79.9. The van der Waals surface area contributed by atoms with E-state index in [2.05, 4.69) is 15.9 Å². The first-order valence-electron chi connectivity index (χ1n) is 3.75. The molecule has 15 heavy (non-hydrogen) atoms. The van der Waals surface area contributed by atoms with E-state index < -0.39 is 11.1 Å². The number of carbonyl (C=O) groups is 1. The lowest BCUT2D eigenvalue weighted by molar-refractivity contribution is 0.107. The Balaban J connectivity index is 3.13. The van der Waals surface area contributed by atoms with Gasteiger partial charge in [0.05, 0.1) is 10.0 Å². The fraction of sp³-hybridized carbons (Fsp3) is 0.111. The lowest BCUT2D eigenvalue weighted by atomic mass is 10.2. The lowest BCUT2D eigenvalue weighted by Gasteiger charge is -2.06. The first kappa shape index (κ1) is 12.0. The predicted octanol–water partition coefficient (Wildman–Crippen LogP) is 2.87. The molecule has 78 valence electrons. The molecule has 0 fully saturated rings. The molecule has 0 heterocycles. The quantitative estimate of drug-likeness (QED) is 0.805. The standard InChI is InChI=1S/C9H4BrClFNO2/c10-6-4-7(12)5(9(11)14)3-8(6)15-2-1-13/h3-4H,2H2. The van der Waals surface area contributed by atoms with Crippen molar-refractivity contribution in [2.24, 2.45) is 0 Å². The van der Waals surface area contributed by atoms with Crippen LogP contribution in [0.3, 0.4) is 0 Å². The van der Waals surface area contributed by atoms with Crippen molar-refractivity contribution in [1.29, 1.82) is 5.26 Å². The number of carbonyl (C=O) groups excluding carboxylic acids is 1. The summed E-state index contributed by atoms with van der Waals surface area (Å²) in [6.07, 6.45) is 0. The van der Waals surface area contributed by atoms with E-state index in [-0.39, 0.29) is 17.9 Å². The lowest BCUT2D eigenvalue weighted by Crippen LogP contribution is -1.99. The first-order valence-corrected chi connectivity index (χ1v) is 4.92. The summed E-state index contributed by atoms with van der Waals surface area (Å²) in [5.74, 6) is -0.548. The molecule has 0 aliphatic heterocycles. The molecular formula is C9H4BrClFNO2. The second-order valence-corrected chi connectivity index (χ2v) is 3.68. The largest absolute Gasteiger partial charge is 0.478 e. The van der Waals surface area contributed by atoms with Gasteiger partial charge in [-0.25, -0.2) is 4.39 Å². The smallest absolute Gasteiger partial charge is 0.255 e. The average molecular weight is 292 g/mol. The Kier molecular flexibility index (Phi) is 4.06. The molecule has 0 N–H and O–H groups in total. The van der Waals surface area contributed by atoms with Crippen LogP contribution in [-0.2, 0) is 0 Å². The Labute approximate surface area is 98.5 Å². The number of nitrogens with zero attached hydrogens (tertiary/aromatic N) is 1. The van der Waals surface area contributed by atoms with Crippen molar-refractivity contribution in [1.82, 2.24) is 0 Å². The number of rotatable bonds is 3. The van der Waals surface area contributed by atoms with E-state index in [1.165, 1.54) is 0 Å². The molecule has 0 atom stereocenters. The number of hydrogen-bond acceptors (Lipinski definition) is 3. The summed E-state index contributed by atoms with van der Waals surface area (Å²) < 4.78 is 18.4. The number of halogens is 3. The highest BCUT2D eigenvalue weighted by molar-refractivity contribution is 9.10. The molecule has 1 aromatic carbocycles. The van der Waals surface area contributed by atoms with Crippen LogP contribution in [0.1, 0.15) is 10.4 Å². The van der Waals surface area contributed by atoms with Gasteiger partial charge in [0.1, 0.15) is 17.6 Å². The third-order valence-corrected chi connectivity index (χ3v) is 2.35. The van der Waals surface area contributed by atoms with Gasteiger partial charge in [-0.15, -0.1) is 0 Å². The molecule has 0 saturated carbocycles. The van der Waals surface area contributed by atoms with Gasteiger partial charge in [-0.3, -0.25) is 4.79 Å². The van der Waals surface area contributed by atoms with Gasteiger partial charge in [0, 0.05) is 0 Å². The second-order valence-electron chi connectivity index (χ2n) is 2.48. The number of benzene rings is 1. The Morgan fingerprint density at radius 1 is 1.67 bits per heavy atom. The molecule has 0 bridgehead atoms. The second kappa shape index (κ2) is 5.10. The van der Waals surface area contributed by atoms with Gasteiger partial charge < -0.3 is 4.74 Å². The van der Waals surface area contributed by atoms with Gasteiger partial charge in [0.25, 0.3) is 5.24 Å². The van der Waals surface area contributed by atoms with Crippen LogP contribution in [0.2, 0.25) is 0 Å². The van der Waals surface area contributed by atoms with Gasteiger partial charge in [-0.2, -0.15) is 5.26 Å². The minimum atomic E-state index is -0.915. The Morgan fingerprint density at radius 2 is 2.33 bits per heavy atom. The zero-order chi connectivity index (χ0) is 11.4. The number of hydrogen-bond donors (Lipinski definition) is 0. The monoisotopic (exact) mass is 291 g/mol. The average Bonchev–Trinajstić information content (AvgIpc) is 2.16. The maximum Gasteiger partial charge on any atom is 0.255 e. The highest BCUT2D eigenvalue weighted by Gasteiger charge is 2.13. The predicted molar refractivity (Wildman–Crippen MR) is 55.4 cm³/mol. The van der Waals surface area contributed by atoms with Gasteiger partial charge in [0.2, 0.25) is 0 Å². The van der Waals surface area contributed by atoms with Crippen LogP contribution in [0.4, 0.5) is 4.39 Å². The highest BCUT2D eigenvalue weighted by Crippen LogP contribution is 2.28. The SMILES string of the molecule is N#CCOc1cc(C(=O)Cl)c(F)cc1Br. The summed E-state index contributed by atoms with van der Waals surface area (Å²) in [4.78, 5) is 10.8. The fourth-order valence-electron chi connectivity index (χ4n) is 0.900. The topological polar surface area (TPSA) is 50.1 Å². The summed E-state index contributed by atoms with van der Waals surface area (Å²) in [5, 5.41) is 7.38. The molecule has 0 amide bonds. The van der Waals surface area contributed by atoms with E-state index in [9.17, 15) is 9.18 Å². The molecule has 0 unspecified atom stereocenters. The van der Waals surface area contributed by atoms with Crippen LogP contribution in [0, 0.1) is 17.1 Å². The Hall–Kier alpha value is -1.12. The molecule has 1 rings (SSSR count). The molecule has 6 heteroatoms. The minimum absolute atomic E-state index is 0.194. The van der Waals surface area contributed by atoms with E-state index in [1.54, 1.807) is 6.07 Å². The van der Waals surface area contributed by atoms with Gasteiger partial charge in [-0.1, -0.05) is 0 Å². The van der Waals surface area contributed by atoms with Crippen molar-refractivity contribution in [2.75, 3.05) is 6.61 Å². The third kappa shape index (κ3) is 2.91. The van der Waals surface area contributed by atoms with Gasteiger partial charge in [0.15, 0.2) is 6.61 Å². The number of nitriles is 1. The summed E-state index contributed by atoms with van der Waals surface area (Å²) >= 11 is 8.18. The van der Waals surface area contributed by atoms with Crippen molar-refractivity contribution in [2.45, 2.75) is 0 Å². The zero-order valence-electron chi connectivity index (χ0n) is 7.26. The molecule has 1 aromatic rings. The maximum absolute atomic E-state index is 13.1.